The number of halogens is 3. The Hall–Kier alpha value is -3.59. The molecule has 30 heavy (non-hydrogen) atoms. The third-order valence-corrected chi connectivity index (χ3v) is 4.58. The normalized spacial score (nSPS) is 12.2. The highest BCUT2D eigenvalue weighted by Crippen LogP contribution is 2.35. The molecule has 2 aromatic carbocycles. The van der Waals surface area contributed by atoms with Gasteiger partial charge in [-0.3, -0.25) is 0 Å². The van der Waals surface area contributed by atoms with Gasteiger partial charge in [-0.2, -0.15) is 0 Å². The van der Waals surface area contributed by atoms with Gasteiger partial charge in [0.15, 0.2) is 11.6 Å². The van der Waals surface area contributed by atoms with Gasteiger partial charge in [-0.05, 0) is 48.4 Å². The lowest BCUT2D eigenvalue weighted by atomic mass is 10.1. The highest BCUT2D eigenvalue weighted by atomic mass is 19.2. The van der Waals surface area contributed by atoms with Crippen molar-refractivity contribution < 1.29 is 22.0 Å². The number of aryl methyl sites for hydroxylation is 1. The maximum absolute atomic E-state index is 14.6. The molecule has 0 radical (unpaired) electrons. The standard InChI is InChI=1S/C21H17F3N4O2/c1-2-11-5-8-15(14(23)10-11)26-19-12(6-7-13(22)17(19)24)20-27-28-21(30-20)18(25)16-4-3-9-29-16/h3-10,18,26H,2,25H2,1H3. The number of nitrogens with one attached hydrogen (secondary N) is 1. The van der Waals surface area contributed by atoms with Crippen LogP contribution in [0.5, 0.6) is 0 Å². The van der Waals surface area contributed by atoms with E-state index in [1.807, 2.05) is 6.92 Å². The molecule has 1 unspecified atom stereocenters. The Morgan fingerprint density at radius 3 is 2.60 bits per heavy atom. The summed E-state index contributed by atoms with van der Waals surface area (Å²) in [6, 6.07) is 9.11. The minimum Gasteiger partial charge on any atom is -0.467 e. The van der Waals surface area contributed by atoms with Gasteiger partial charge >= 0.3 is 0 Å². The monoisotopic (exact) mass is 414 g/mol. The molecule has 0 fully saturated rings. The average Bonchev–Trinajstić information content (AvgIpc) is 3.44. The molecular formula is C21H17F3N4O2. The topological polar surface area (TPSA) is 90.1 Å². The van der Waals surface area contributed by atoms with Gasteiger partial charge in [0.05, 0.1) is 23.2 Å². The van der Waals surface area contributed by atoms with Crippen molar-refractivity contribution in [1.82, 2.24) is 10.2 Å². The second-order valence-corrected chi connectivity index (χ2v) is 6.52. The van der Waals surface area contributed by atoms with E-state index in [2.05, 4.69) is 15.5 Å². The zero-order valence-corrected chi connectivity index (χ0v) is 15.8. The Bertz CT molecular complexity index is 1180. The number of nitrogens with two attached hydrogens (primary N) is 1. The smallest absolute Gasteiger partial charge is 0.250 e. The first-order chi connectivity index (χ1) is 14.5. The van der Waals surface area contributed by atoms with Crippen LogP contribution in [0, 0.1) is 17.5 Å². The summed E-state index contributed by atoms with van der Waals surface area (Å²) < 4.78 is 53.7. The van der Waals surface area contributed by atoms with Crippen molar-refractivity contribution in [3.05, 3.63) is 83.4 Å². The highest BCUT2D eigenvalue weighted by molar-refractivity contribution is 5.77. The van der Waals surface area contributed by atoms with E-state index in [9.17, 15) is 13.2 Å². The molecule has 9 heteroatoms. The van der Waals surface area contributed by atoms with Crippen molar-refractivity contribution in [2.24, 2.45) is 5.73 Å². The number of anilines is 2. The third-order valence-electron chi connectivity index (χ3n) is 4.58. The van der Waals surface area contributed by atoms with Crippen molar-refractivity contribution in [2.75, 3.05) is 5.32 Å². The second-order valence-electron chi connectivity index (χ2n) is 6.52. The fraction of sp³-hybridized carbons (Fsp3) is 0.143. The van der Waals surface area contributed by atoms with Gasteiger partial charge in [0.1, 0.15) is 17.6 Å². The van der Waals surface area contributed by atoms with Crippen molar-refractivity contribution in [1.29, 1.82) is 0 Å². The van der Waals surface area contributed by atoms with E-state index in [-0.39, 0.29) is 28.7 Å². The van der Waals surface area contributed by atoms with Gasteiger partial charge in [-0.25, -0.2) is 13.2 Å². The Morgan fingerprint density at radius 1 is 1.07 bits per heavy atom. The van der Waals surface area contributed by atoms with E-state index in [0.717, 1.165) is 11.6 Å². The maximum atomic E-state index is 14.6. The lowest BCUT2D eigenvalue weighted by molar-refractivity contribution is 0.426. The van der Waals surface area contributed by atoms with Crippen molar-refractivity contribution >= 4 is 11.4 Å². The van der Waals surface area contributed by atoms with Gasteiger partial charge in [-0.1, -0.05) is 13.0 Å². The molecular weight excluding hydrogens is 397 g/mol. The molecule has 0 saturated carbocycles. The van der Waals surface area contributed by atoms with Gasteiger partial charge in [0.2, 0.25) is 11.8 Å². The summed E-state index contributed by atoms with van der Waals surface area (Å²) in [7, 11) is 0. The quantitative estimate of drug-likeness (QED) is 0.456. The Kier molecular flexibility index (Phi) is 5.28. The fourth-order valence-electron chi connectivity index (χ4n) is 2.92. The van der Waals surface area contributed by atoms with E-state index < -0.39 is 23.5 Å². The van der Waals surface area contributed by atoms with Crippen molar-refractivity contribution in [2.45, 2.75) is 19.4 Å². The van der Waals surface area contributed by atoms with Crippen LogP contribution in [-0.2, 0) is 6.42 Å². The van der Waals surface area contributed by atoms with Crippen LogP contribution in [0.1, 0.15) is 30.2 Å². The van der Waals surface area contributed by atoms with Crippen molar-refractivity contribution in [3.63, 3.8) is 0 Å². The van der Waals surface area contributed by atoms with E-state index in [4.69, 9.17) is 14.6 Å². The molecule has 6 nitrogen and oxygen atoms in total. The minimum absolute atomic E-state index is 0.0223. The van der Waals surface area contributed by atoms with Crippen LogP contribution >= 0.6 is 0 Å². The zero-order valence-electron chi connectivity index (χ0n) is 15.8. The second kappa shape index (κ2) is 8.03. The SMILES string of the molecule is CCc1ccc(Nc2c(-c3nnc(C(N)c4ccco4)o3)ccc(F)c2F)c(F)c1. The van der Waals surface area contributed by atoms with E-state index in [0.29, 0.717) is 12.2 Å². The largest absolute Gasteiger partial charge is 0.467 e. The highest BCUT2D eigenvalue weighted by Gasteiger charge is 2.23. The number of furan rings is 1. The number of nitrogens with zero attached hydrogens (tertiary/aromatic N) is 2. The molecule has 2 heterocycles. The minimum atomic E-state index is -1.21. The zero-order chi connectivity index (χ0) is 21.3. The van der Waals surface area contributed by atoms with E-state index in [1.54, 1.807) is 18.2 Å². The first kappa shape index (κ1) is 19.7. The van der Waals surface area contributed by atoms with Crippen LogP contribution in [0.15, 0.2) is 57.6 Å². The Labute approximate surface area is 169 Å². The molecule has 2 aromatic heterocycles. The molecule has 0 bridgehead atoms. The first-order valence-electron chi connectivity index (χ1n) is 9.14. The van der Waals surface area contributed by atoms with Gasteiger partial charge in [-0.15, -0.1) is 10.2 Å². The number of benzene rings is 2. The summed E-state index contributed by atoms with van der Waals surface area (Å²) in [5.74, 6) is -2.62. The fourth-order valence-corrected chi connectivity index (χ4v) is 2.92. The molecule has 0 amide bonds. The van der Waals surface area contributed by atoms with Crippen LogP contribution in [-0.4, -0.2) is 10.2 Å². The molecule has 0 aliphatic heterocycles. The van der Waals surface area contributed by atoms with Crippen molar-refractivity contribution in [3.8, 4) is 11.5 Å². The molecule has 3 N–H and O–H groups in total. The van der Waals surface area contributed by atoms with Gasteiger partial charge < -0.3 is 19.9 Å². The van der Waals surface area contributed by atoms with E-state index >= 15 is 0 Å². The summed E-state index contributed by atoms with van der Waals surface area (Å²) in [5.41, 5.74) is 6.49. The predicted octanol–water partition coefficient (Wildman–Crippen LogP) is 5.10. The molecule has 0 spiro atoms. The molecule has 0 saturated heterocycles. The third kappa shape index (κ3) is 3.67. The predicted molar refractivity (Wildman–Crippen MR) is 103 cm³/mol. The lowest BCUT2D eigenvalue weighted by Crippen LogP contribution is -2.11. The molecule has 4 rings (SSSR count). The molecule has 1 atom stereocenters. The van der Waals surface area contributed by atoms with Gasteiger partial charge in [0.25, 0.3) is 0 Å². The summed E-state index contributed by atoms with van der Waals surface area (Å²) in [6.45, 7) is 1.88. The Morgan fingerprint density at radius 2 is 1.90 bits per heavy atom. The summed E-state index contributed by atoms with van der Waals surface area (Å²) in [6.07, 6.45) is 2.08. The van der Waals surface area contributed by atoms with Crippen LogP contribution in [0.3, 0.4) is 0 Å². The summed E-state index contributed by atoms with van der Waals surface area (Å²) in [4.78, 5) is 0. The molecule has 4 aromatic rings. The number of hydrogen-bond acceptors (Lipinski definition) is 6. The number of rotatable bonds is 6. The molecule has 0 aliphatic rings. The van der Waals surface area contributed by atoms with Crippen LogP contribution < -0.4 is 11.1 Å². The van der Waals surface area contributed by atoms with Crippen LogP contribution in [0.4, 0.5) is 24.5 Å². The van der Waals surface area contributed by atoms with Crippen LogP contribution in [0.2, 0.25) is 0 Å². The lowest BCUT2D eigenvalue weighted by Gasteiger charge is -2.13. The first-order valence-corrected chi connectivity index (χ1v) is 9.14. The van der Waals surface area contributed by atoms with E-state index in [1.165, 1.54) is 24.5 Å². The summed E-state index contributed by atoms with van der Waals surface area (Å²) in [5, 5.41) is 10.3. The number of hydrogen-bond donors (Lipinski definition) is 2. The summed E-state index contributed by atoms with van der Waals surface area (Å²) >= 11 is 0. The Balaban J connectivity index is 1.72. The van der Waals surface area contributed by atoms with Crippen LogP contribution in [0.25, 0.3) is 11.5 Å². The van der Waals surface area contributed by atoms with Gasteiger partial charge in [0, 0.05) is 0 Å². The maximum Gasteiger partial charge on any atom is 0.250 e. The average molecular weight is 414 g/mol. The molecule has 0 aliphatic carbocycles. The number of aromatic nitrogens is 2. The molecule has 154 valence electrons.